The van der Waals surface area contributed by atoms with Crippen LogP contribution in [0, 0.1) is 18.8 Å². The Balaban J connectivity index is 1.13. The number of hydrogen-bond donors (Lipinski definition) is 1. The van der Waals surface area contributed by atoms with Crippen LogP contribution >= 0.6 is 0 Å². The molecule has 2 aliphatic carbocycles. The van der Waals surface area contributed by atoms with Gasteiger partial charge in [-0.15, -0.1) is 0 Å². The quantitative estimate of drug-likeness (QED) is 0.399. The third-order valence-corrected chi connectivity index (χ3v) is 8.56. The minimum Gasteiger partial charge on any atom is -0.493 e. The molecule has 2 fully saturated rings. The SMILES string of the molecule is Cc1ccc(-c2ccc3c(c2)C=C(C(=O)Nc2ccc(CN(C)C4CC5CCC4C5)cc2)CCO3)cc1. The highest BCUT2D eigenvalue weighted by Gasteiger charge is 2.41. The van der Waals surface area contributed by atoms with Crippen molar-refractivity contribution >= 4 is 17.7 Å². The van der Waals surface area contributed by atoms with Gasteiger partial charge in [-0.1, -0.05) is 54.4 Å². The van der Waals surface area contributed by atoms with Crippen LogP contribution in [0.25, 0.3) is 17.2 Å². The molecule has 37 heavy (non-hydrogen) atoms. The number of aryl methyl sites for hydroxylation is 1. The number of hydrogen-bond acceptors (Lipinski definition) is 3. The lowest BCUT2D eigenvalue weighted by molar-refractivity contribution is -0.113. The average Bonchev–Trinajstić information content (AvgIpc) is 3.48. The summed E-state index contributed by atoms with van der Waals surface area (Å²) in [6.07, 6.45) is 8.19. The van der Waals surface area contributed by atoms with Gasteiger partial charge in [-0.3, -0.25) is 9.69 Å². The van der Waals surface area contributed by atoms with E-state index in [1.165, 1.54) is 36.8 Å². The fourth-order valence-electron chi connectivity index (χ4n) is 6.49. The number of carbonyl (C=O) groups is 1. The number of rotatable bonds is 6. The number of benzene rings is 3. The van der Waals surface area contributed by atoms with Gasteiger partial charge in [0.25, 0.3) is 5.91 Å². The van der Waals surface area contributed by atoms with E-state index in [4.69, 9.17) is 4.74 Å². The first-order valence-electron chi connectivity index (χ1n) is 13.7. The molecule has 1 heterocycles. The first kappa shape index (κ1) is 24.0. The summed E-state index contributed by atoms with van der Waals surface area (Å²) < 4.78 is 5.97. The second-order valence-electron chi connectivity index (χ2n) is 11.2. The van der Waals surface area contributed by atoms with Crippen molar-refractivity contribution in [2.45, 2.75) is 51.6 Å². The van der Waals surface area contributed by atoms with E-state index < -0.39 is 0 Å². The van der Waals surface area contributed by atoms with E-state index in [2.05, 4.69) is 72.7 Å². The predicted octanol–water partition coefficient (Wildman–Crippen LogP) is 7.09. The zero-order chi connectivity index (χ0) is 25.4. The number of ether oxygens (including phenoxy) is 1. The molecule has 0 saturated heterocycles. The van der Waals surface area contributed by atoms with Gasteiger partial charge in [0.15, 0.2) is 0 Å². The molecule has 3 aliphatic rings. The van der Waals surface area contributed by atoms with Crippen molar-refractivity contribution in [2.24, 2.45) is 11.8 Å². The Morgan fingerprint density at radius 3 is 2.49 bits per heavy atom. The lowest BCUT2D eigenvalue weighted by atomic mass is 9.94. The highest BCUT2D eigenvalue weighted by atomic mass is 16.5. The van der Waals surface area contributed by atoms with Crippen molar-refractivity contribution in [3.05, 3.63) is 89.0 Å². The minimum atomic E-state index is -0.0657. The topological polar surface area (TPSA) is 41.6 Å². The van der Waals surface area contributed by atoms with E-state index in [0.717, 1.165) is 58.1 Å². The fourth-order valence-corrected chi connectivity index (χ4v) is 6.49. The zero-order valence-electron chi connectivity index (χ0n) is 21.9. The maximum Gasteiger partial charge on any atom is 0.251 e. The van der Waals surface area contributed by atoms with Crippen molar-refractivity contribution in [1.29, 1.82) is 0 Å². The van der Waals surface area contributed by atoms with E-state index >= 15 is 0 Å². The molecule has 6 rings (SSSR count). The Morgan fingerprint density at radius 2 is 1.76 bits per heavy atom. The van der Waals surface area contributed by atoms with Gasteiger partial charge in [-0.2, -0.15) is 0 Å². The second kappa shape index (κ2) is 10.2. The highest BCUT2D eigenvalue weighted by Crippen LogP contribution is 2.46. The third kappa shape index (κ3) is 5.21. The first-order valence-corrected chi connectivity index (χ1v) is 13.7. The van der Waals surface area contributed by atoms with Gasteiger partial charge in [0, 0.05) is 35.8 Å². The molecule has 0 radical (unpaired) electrons. The molecule has 0 aromatic heterocycles. The van der Waals surface area contributed by atoms with Crippen LogP contribution in [0.2, 0.25) is 0 Å². The predicted molar refractivity (Wildman–Crippen MR) is 150 cm³/mol. The van der Waals surface area contributed by atoms with Crippen molar-refractivity contribution < 1.29 is 9.53 Å². The molecule has 2 bridgehead atoms. The van der Waals surface area contributed by atoms with Crippen LogP contribution < -0.4 is 10.1 Å². The molecule has 1 N–H and O–H groups in total. The Morgan fingerprint density at radius 1 is 0.973 bits per heavy atom. The second-order valence-corrected chi connectivity index (χ2v) is 11.2. The van der Waals surface area contributed by atoms with Crippen LogP contribution in [0.4, 0.5) is 5.69 Å². The van der Waals surface area contributed by atoms with Crippen molar-refractivity contribution in [3.8, 4) is 16.9 Å². The normalized spacial score (nSPS) is 22.2. The Kier molecular flexibility index (Phi) is 6.60. The van der Waals surface area contributed by atoms with E-state index in [-0.39, 0.29) is 5.91 Å². The van der Waals surface area contributed by atoms with Gasteiger partial charge < -0.3 is 10.1 Å². The Hall–Kier alpha value is -3.37. The summed E-state index contributed by atoms with van der Waals surface area (Å²) in [7, 11) is 2.27. The largest absolute Gasteiger partial charge is 0.493 e. The van der Waals surface area contributed by atoms with E-state index in [1.807, 2.05) is 24.3 Å². The molecular weight excluding hydrogens is 456 g/mol. The van der Waals surface area contributed by atoms with Crippen LogP contribution in [-0.4, -0.2) is 30.5 Å². The zero-order valence-corrected chi connectivity index (χ0v) is 21.9. The lowest BCUT2D eigenvalue weighted by Gasteiger charge is -2.31. The van der Waals surface area contributed by atoms with Crippen molar-refractivity contribution in [1.82, 2.24) is 4.90 Å². The summed E-state index contributed by atoms with van der Waals surface area (Å²) in [5, 5.41) is 3.10. The summed E-state index contributed by atoms with van der Waals surface area (Å²) in [6, 6.07) is 23.8. The van der Waals surface area contributed by atoms with E-state index in [1.54, 1.807) is 0 Å². The maximum atomic E-state index is 13.2. The number of nitrogens with zero attached hydrogens (tertiary/aromatic N) is 1. The molecule has 1 aliphatic heterocycles. The van der Waals surface area contributed by atoms with Gasteiger partial charge in [-0.05, 0) is 92.1 Å². The van der Waals surface area contributed by atoms with Gasteiger partial charge in [0.05, 0.1) is 6.61 Å². The van der Waals surface area contributed by atoms with E-state index in [9.17, 15) is 4.79 Å². The van der Waals surface area contributed by atoms with Crippen molar-refractivity contribution in [3.63, 3.8) is 0 Å². The summed E-state index contributed by atoms with van der Waals surface area (Å²) >= 11 is 0. The molecule has 1 amide bonds. The number of anilines is 1. The van der Waals surface area contributed by atoms with Gasteiger partial charge >= 0.3 is 0 Å². The summed E-state index contributed by atoms with van der Waals surface area (Å²) in [4.78, 5) is 15.7. The third-order valence-electron chi connectivity index (χ3n) is 8.56. The average molecular weight is 493 g/mol. The molecule has 4 nitrogen and oxygen atoms in total. The van der Waals surface area contributed by atoms with Gasteiger partial charge in [-0.25, -0.2) is 0 Å². The maximum absolute atomic E-state index is 13.2. The lowest BCUT2D eigenvalue weighted by Crippen LogP contribution is -2.35. The first-order chi connectivity index (χ1) is 18.0. The molecule has 0 spiro atoms. The molecular formula is C33H36N2O2. The Bertz CT molecular complexity index is 1310. The van der Waals surface area contributed by atoms with Gasteiger partial charge in [0.1, 0.15) is 5.75 Å². The molecule has 4 heteroatoms. The summed E-state index contributed by atoms with van der Waals surface area (Å²) in [5.41, 5.74) is 7.31. The number of amides is 1. The minimum absolute atomic E-state index is 0.0657. The molecule has 2 saturated carbocycles. The molecule has 3 atom stereocenters. The Labute approximate surface area is 220 Å². The molecule has 3 aromatic carbocycles. The standard InChI is InChI=1S/C33H36N2O2/c1-22-3-8-25(9-4-22)26-11-14-32-29(19-26)20-28(15-16-37-32)33(36)34-30-12-6-23(7-13-30)21-35(2)31-18-24-5-10-27(31)17-24/h3-4,6-9,11-14,19-20,24,27,31H,5,10,15-18,21H2,1-2H3,(H,34,36). The van der Waals surface area contributed by atoms with Crippen LogP contribution in [0.5, 0.6) is 5.75 Å². The van der Waals surface area contributed by atoms with Crippen LogP contribution in [0.3, 0.4) is 0 Å². The van der Waals surface area contributed by atoms with Gasteiger partial charge in [0.2, 0.25) is 0 Å². The molecule has 190 valence electrons. The molecule has 3 aromatic rings. The van der Waals surface area contributed by atoms with Crippen LogP contribution in [0.1, 0.15) is 48.8 Å². The smallest absolute Gasteiger partial charge is 0.251 e. The van der Waals surface area contributed by atoms with Crippen LogP contribution in [-0.2, 0) is 11.3 Å². The van der Waals surface area contributed by atoms with E-state index in [0.29, 0.717) is 13.0 Å². The molecule has 3 unspecified atom stereocenters. The summed E-state index contributed by atoms with van der Waals surface area (Å²) in [5.74, 6) is 2.61. The van der Waals surface area contributed by atoms with Crippen molar-refractivity contribution in [2.75, 3.05) is 19.0 Å². The monoisotopic (exact) mass is 492 g/mol. The van der Waals surface area contributed by atoms with Crippen LogP contribution in [0.15, 0.2) is 72.3 Å². The summed E-state index contributed by atoms with van der Waals surface area (Å²) in [6.45, 7) is 3.54. The fraction of sp³-hybridized carbons (Fsp3) is 0.364. The number of fused-ring (bicyclic) bond motifs is 3. The highest BCUT2D eigenvalue weighted by molar-refractivity contribution is 6.07. The number of nitrogens with one attached hydrogen (secondary N) is 1. The number of carbonyl (C=O) groups excluding carboxylic acids is 1.